The maximum Gasteiger partial charge on any atom is 0.338 e. The lowest BCUT2D eigenvalue weighted by Crippen LogP contribution is -2.38. The molecule has 0 amide bonds. The fourth-order valence-electron chi connectivity index (χ4n) is 1.88. The molecule has 0 aromatic rings. The van der Waals surface area contributed by atoms with Crippen molar-refractivity contribution in [1.82, 2.24) is 0 Å². The zero-order chi connectivity index (χ0) is 6.86. The van der Waals surface area contributed by atoms with Crippen LogP contribution in [0.15, 0.2) is 0 Å². The highest BCUT2D eigenvalue weighted by atomic mass is 28.4. The molecule has 58 valence electrons. The van der Waals surface area contributed by atoms with Gasteiger partial charge in [-0.3, -0.25) is 0 Å². The highest BCUT2D eigenvalue weighted by Gasteiger charge is 2.42. The van der Waals surface area contributed by atoms with E-state index in [4.69, 9.17) is 8.85 Å². The first-order valence-corrected chi connectivity index (χ1v) is 6.42. The molecule has 0 atom stereocenters. The zero-order valence-corrected chi connectivity index (χ0v) is 7.27. The van der Waals surface area contributed by atoms with Gasteiger partial charge < -0.3 is 8.85 Å². The fraction of sp³-hybridized carbons (Fsp3) is 1.00. The molecule has 2 aliphatic rings. The van der Waals surface area contributed by atoms with E-state index in [-0.39, 0.29) is 0 Å². The molecule has 0 bridgehead atoms. The molecule has 0 N–H and O–H groups in total. The van der Waals surface area contributed by atoms with E-state index in [0.29, 0.717) is 0 Å². The van der Waals surface area contributed by atoms with Gasteiger partial charge in [0.1, 0.15) is 0 Å². The van der Waals surface area contributed by atoms with E-state index in [9.17, 15) is 0 Å². The van der Waals surface area contributed by atoms with Crippen LogP contribution in [0.3, 0.4) is 0 Å². The molecule has 2 nitrogen and oxygen atoms in total. The first-order valence-electron chi connectivity index (χ1n) is 4.19. The molecule has 0 aliphatic carbocycles. The first-order chi connectivity index (χ1) is 4.91. The first kappa shape index (κ1) is 6.82. The van der Waals surface area contributed by atoms with Crippen molar-refractivity contribution < 1.29 is 8.85 Å². The van der Waals surface area contributed by atoms with Gasteiger partial charge in [0, 0.05) is 0 Å². The monoisotopic (exact) mass is 158 g/mol. The van der Waals surface area contributed by atoms with Crippen LogP contribution < -0.4 is 0 Å². The Bertz CT molecular complexity index is 113. The highest BCUT2D eigenvalue weighted by molar-refractivity contribution is 6.68. The van der Waals surface area contributed by atoms with Crippen LogP contribution in [-0.2, 0) is 8.85 Å². The Hall–Kier alpha value is 0.137. The van der Waals surface area contributed by atoms with Gasteiger partial charge in [0.05, 0.1) is 13.2 Å². The lowest BCUT2D eigenvalue weighted by molar-refractivity contribution is 0.317. The Morgan fingerprint density at radius 1 is 0.800 bits per heavy atom. The van der Waals surface area contributed by atoms with Gasteiger partial charge in [-0.25, -0.2) is 0 Å². The Labute approximate surface area is 62.8 Å². The van der Waals surface area contributed by atoms with Crippen molar-refractivity contribution >= 4 is 8.56 Å². The lowest BCUT2D eigenvalue weighted by atomic mass is 10.3. The summed E-state index contributed by atoms with van der Waals surface area (Å²) in [5, 5.41) is 0. The average molecular weight is 158 g/mol. The van der Waals surface area contributed by atoms with E-state index in [0.717, 1.165) is 13.2 Å². The predicted octanol–water partition coefficient (Wildman–Crippen LogP) is 1.66. The van der Waals surface area contributed by atoms with Crippen molar-refractivity contribution in [2.45, 2.75) is 31.4 Å². The van der Waals surface area contributed by atoms with Crippen molar-refractivity contribution in [1.29, 1.82) is 0 Å². The zero-order valence-electron chi connectivity index (χ0n) is 6.27. The molecule has 1 spiro atoms. The summed E-state index contributed by atoms with van der Waals surface area (Å²) in [7, 11) is -1.52. The molecule has 0 aromatic heterocycles. The maximum absolute atomic E-state index is 5.70. The Balaban J connectivity index is 1.98. The van der Waals surface area contributed by atoms with E-state index in [1.807, 2.05) is 0 Å². The minimum absolute atomic E-state index is 0.867. The van der Waals surface area contributed by atoms with Crippen molar-refractivity contribution in [3.63, 3.8) is 0 Å². The van der Waals surface area contributed by atoms with Gasteiger partial charge in [-0.05, 0) is 12.1 Å². The lowest BCUT2D eigenvalue weighted by Gasteiger charge is -2.27. The van der Waals surface area contributed by atoms with Gasteiger partial charge in [0.25, 0.3) is 0 Å². The number of hydrogen-bond acceptors (Lipinski definition) is 2. The van der Waals surface area contributed by atoms with E-state index in [1.54, 1.807) is 0 Å². The van der Waals surface area contributed by atoms with Crippen LogP contribution in [0, 0.1) is 0 Å². The molecule has 2 rings (SSSR count). The van der Waals surface area contributed by atoms with Crippen molar-refractivity contribution in [3.8, 4) is 0 Å². The van der Waals surface area contributed by atoms with Crippen molar-refractivity contribution in [2.24, 2.45) is 0 Å². The third-order valence-electron chi connectivity index (χ3n) is 2.43. The second-order valence-electron chi connectivity index (χ2n) is 3.17. The number of hydrogen-bond donors (Lipinski definition) is 0. The molecule has 2 aliphatic heterocycles. The summed E-state index contributed by atoms with van der Waals surface area (Å²) in [5.41, 5.74) is 0. The minimum atomic E-state index is -1.52. The van der Waals surface area contributed by atoms with Crippen LogP contribution in [0.1, 0.15) is 19.3 Å². The van der Waals surface area contributed by atoms with Crippen LogP contribution in [0.5, 0.6) is 0 Å². The molecule has 2 saturated heterocycles. The molecule has 2 fully saturated rings. The third-order valence-corrected chi connectivity index (χ3v) is 6.12. The van der Waals surface area contributed by atoms with Crippen molar-refractivity contribution in [2.75, 3.05) is 13.2 Å². The molecule has 0 saturated carbocycles. The Kier molecular flexibility index (Phi) is 1.80. The van der Waals surface area contributed by atoms with Crippen LogP contribution in [-0.4, -0.2) is 21.8 Å². The van der Waals surface area contributed by atoms with Crippen LogP contribution in [0.25, 0.3) is 0 Å². The van der Waals surface area contributed by atoms with Crippen LogP contribution >= 0.6 is 0 Å². The predicted molar refractivity (Wildman–Crippen MR) is 41.1 cm³/mol. The SMILES string of the molecule is C1CC[Si]2(CC1)OCCO2. The fourth-order valence-corrected chi connectivity index (χ4v) is 5.27. The molecule has 0 aromatic carbocycles. The molecule has 0 radical (unpaired) electrons. The van der Waals surface area contributed by atoms with Gasteiger partial charge in [0.2, 0.25) is 0 Å². The summed E-state index contributed by atoms with van der Waals surface area (Å²) in [5.74, 6) is 0. The molecule has 0 unspecified atom stereocenters. The summed E-state index contributed by atoms with van der Waals surface area (Å²) in [6, 6.07) is 2.51. The van der Waals surface area contributed by atoms with Crippen LogP contribution in [0.2, 0.25) is 12.1 Å². The van der Waals surface area contributed by atoms with Gasteiger partial charge >= 0.3 is 8.56 Å². The van der Waals surface area contributed by atoms with Gasteiger partial charge in [-0.1, -0.05) is 19.3 Å². The summed E-state index contributed by atoms with van der Waals surface area (Å²) < 4.78 is 11.4. The van der Waals surface area contributed by atoms with E-state index < -0.39 is 8.56 Å². The molecular formula is C7H14O2Si. The third kappa shape index (κ3) is 1.13. The summed E-state index contributed by atoms with van der Waals surface area (Å²) in [6.07, 6.45) is 4.07. The molecular weight excluding hydrogens is 144 g/mol. The largest absolute Gasteiger partial charge is 0.392 e. The minimum Gasteiger partial charge on any atom is -0.392 e. The summed E-state index contributed by atoms with van der Waals surface area (Å²) in [6.45, 7) is 1.73. The summed E-state index contributed by atoms with van der Waals surface area (Å²) in [4.78, 5) is 0. The maximum atomic E-state index is 5.70. The molecule has 3 heteroatoms. The summed E-state index contributed by atoms with van der Waals surface area (Å²) >= 11 is 0. The second kappa shape index (κ2) is 2.64. The van der Waals surface area contributed by atoms with Gasteiger partial charge in [-0.15, -0.1) is 0 Å². The normalized spacial score (nSPS) is 31.2. The topological polar surface area (TPSA) is 18.5 Å². The van der Waals surface area contributed by atoms with E-state index in [2.05, 4.69) is 0 Å². The average Bonchev–Trinajstić information content (AvgIpc) is 2.39. The molecule has 2 heterocycles. The smallest absolute Gasteiger partial charge is 0.338 e. The Morgan fingerprint density at radius 3 is 2.00 bits per heavy atom. The van der Waals surface area contributed by atoms with Crippen LogP contribution in [0.4, 0.5) is 0 Å². The van der Waals surface area contributed by atoms with Gasteiger partial charge in [0.15, 0.2) is 0 Å². The van der Waals surface area contributed by atoms with E-state index >= 15 is 0 Å². The standard InChI is InChI=1S/C7H14O2Si/c1-2-6-10(7-3-1)8-4-5-9-10/h1-7H2. The van der Waals surface area contributed by atoms with E-state index in [1.165, 1.54) is 31.4 Å². The highest BCUT2D eigenvalue weighted by Crippen LogP contribution is 2.32. The second-order valence-corrected chi connectivity index (χ2v) is 6.57. The molecule has 10 heavy (non-hydrogen) atoms. The van der Waals surface area contributed by atoms with Crippen molar-refractivity contribution in [3.05, 3.63) is 0 Å². The number of rotatable bonds is 0. The van der Waals surface area contributed by atoms with Gasteiger partial charge in [-0.2, -0.15) is 0 Å². The quantitative estimate of drug-likeness (QED) is 0.499. The Morgan fingerprint density at radius 2 is 1.40 bits per heavy atom.